The number of methoxy groups -OCH3 is 1. The van der Waals surface area contributed by atoms with E-state index in [0.717, 1.165) is 12.2 Å². The fourth-order valence-corrected chi connectivity index (χ4v) is 15.9. The van der Waals surface area contributed by atoms with Gasteiger partial charge >= 0.3 is 268 Å². The van der Waals surface area contributed by atoms with Crippen molar-refractivity contribution in [2.45, 2.75) is 65.3 Å². The summed E-state index contributed by atoms with van der Waals surface area (Å²) >= 11 is -2.50. The molecule has 0 saturated carbocycles. The van der Waals surface area contributed by atoms with Crippen molar-refractivity contribution >= 4 is 11.4 Å². The molecule has 0 aliphatic heterocycles. The Labute approximate surface area is 266 Å². The molecule has 0 aromatic heterocycles. The Morgan fingerprint density at radius 1 is 0.762 bits per heavy atom. The first kappa shape index (κ1) is 32.6. The average molecular weight is 641 g/mol. The maximum absolute atomic E-state index is 6.24. The van der Waals surface area contributed by atoms with Gasteiger partial charge in [0, 0.05) is 0 Å². The topological polar surface area (TPSA) is 15.7 Å². The summed E-state index contributed by atoms with van der Waals surface area (Å²) in [5.41, 5.74) is 11.0. The second-order valence-electron chi connectivity index (χ2n) is 14.0. The van der Waals surface area contributed by atoms with E-state index in [4.69, 9.17) is 4.74 Å². The van der Waals surface area contributed by atoms with Crippen LogP contribution in [0.1, 0.15) is 68.9 Å². The molecular weight excluding hydrogens is 589 g/mol. The molecule has 3 aromatic rings. The first-order valence-electron chi connectivity index (χ1n) is 15.4. The molecule has 0 heterocycles. The van der Waals surface area contributed by atoms with Crippen molar-refractivity contribution in [2.24, 2.45) is 0 Å². The Balaban J connectivity index is 1.91. The number of rotatable bonds is 10. The Bertz CT molecular complexity index is 1420. The quantitative estimate of drug-likeness (QED) is 0.220. The van der Waals surface area contributed by atoms with Crippen molar-refractivity contribution in [1.29, 1.82) is 0 Å². The van der Waals surface area contributed by atoms with Gasteiger partial charge in [-0.25, -0.2) is 0 Å². The number of ether oxygens (including phenoxy) is 1. The van der Waals surface area contributed by atoms with Crippen molar-refractivity contribution in [3.8, 4) is 5.75 Å². The van der Waals surface area contributed by atoms with E-state index in [2.05, 4.69) is 152 Å². The van der Waals surface area contributed by atoms with Crippen molar-refractivity contribution in [3.05, 3.63) is 109 Å². The van der Waals surface area contributed by atoms with Crippen LogP contribution in [0.15, 0.2) is 80.8 Å². The summed E-state index contributed by atoms with van der Waals surface area (Å²) in [5.74, 6) is 1.06. The Morgan fingerprint density at radius 3 is 1.74 bits per heavy atom. The van der Waals surface area contributed by atoms with Crippen molar-refractivity contribution < 1.29 is 32.2 Å². The van der Waals surface area contributed by atoms with Crippen molar-refractivity contribution in [1.82, 2.24) is 0 Å². The molecule has 4 rings (SSSR count). The van der Waals surface area contributed by atoms with E-state index < -0.39 is 27.4 Å². The molecule has 0 radical (unpaired) electrons. The second kappa shape index (κ2) is 13.1. The molecule has 3 nitrogen and oxygen atoms in total. The van der Waals surface area contributed by atoms with Crippen LogP contribution in [0.5, 0.6) is 5.75 Å². The van der Waals surface area contributed by atoms with Crippen LogP contribution in [-0.4, -0.2) is 35.3 Å². The fourth-order valence-electron chi connectivity index (χ4n) is 6.76. The average Bonchev–Trinajstić information content (AvgIpc) is 3.43. The van der Waals surface area contributed by atoms with E-state index >= 15 is 0 Å². The maximum atomic E-state index is 6.24. The number of para-hydroxylation sites is 2. The molecule has 0 unspecified atom stereocenters. The first-order valence-corrected chi connectivity index (χ1v) is 20.8. The summed E-state index contributed by atoms with van der Waals surface area (Å²) in [4.78, 5) is 4.56. The molecule has 0 spiro atoms. The fraction of sp³-hybridized carbons (Fsp3) is 0.421. The molecule has 0 N–H and O–H groups in total. The number of hydrogen-bond acceptors (Lipinski definition) is 3. The third kappa shape index (κ3) is 6.89. The van der Waals surface area contributed by atoms with Crippen molar-refractivity contribution in [2.75, 3.05) is 45.1 Å². The molecule has 1 aliphatic rings. The van der Waals surface area contributed by atoms with Gasteiger partial charge in [-0.2, -0.15) is 0 Å². The summed E-state index contributed by atoms with van der Waals surface area (Å²) in [5, 5.41) is 0. The van der Waals surface area contributed by atoms with Gasteiger partial charge in [-0.3, -0.25) is 0 Å². The zero-order chi connectivity index (χ0) is 30.8. The van der Waals surface area contributed by atoms with Gasteiger partial charge in [0.25, 0.3) is 0 Å². The number of anilines is 2. The van der Waals surface area contributed by atoms with Crippen LogP contribution in [0.25, 0.3) is 0 Å². The molecule has 0 amide bonds. The predicted molar refractivity (Wildman–Crippen MR) is 179 cm³/mol. The minimum atomic E-state index is -2.50. The zero-order valence-electron chi connectivity index (χ0n) is 27.9. The zero-order valence-corrected chi connectivity index (χ0v) is 30.8. The molecular formula is C38H51N2OY. The van der Waals surface area contributed by atoms with E-state index in [1.165, 1.54) is 45.7 Å². The number of nitrogens with zero attached hydrogens (tertiary/aromatic N) is 2. The molecule has 222 valence electrons. The van der Waals surface area contributed by atoms with Crippen LogP contribution in [0.2, 0.25) is 0 Å². The Kier molecular flexibility index (Phi) is 10.2. The van der Waals surface area contributed by atoms with Crippen LogP contribution in [0.3, 0.4) is 0 Å². The van der Waals surface area contributed by atoms with Crippen LogP contribution < -0.4 is 14.5 Å². The van der Waals surface area contributed by atoms with Gasteiger partial charge in [0.05, 0.1) is 0 Å². The Hall–Kier alpha value is -2.36. The third-order valence-electron chi connectivity index (χ3n) is 8.96. The van der Waals surface area contributed by atoms with Crippen LogP contribution >= 0.6 is 0 Å². The number of aryl methyl sites for hydroxylation is 1. The normalized spacial score (nSPS) is 13.5. The van der Waals surface area contributed by atoms with E-state index in [1.807, 2.05) is 7.11 Å². The Morgan fingerprint density at radius 2 is 1.26 bits per heavy atom. The van der Waals surface area contributed by atoms with Gasteiger partial charge in [0.2, 0.25) is 0 Å². The molecule has 0 bridgehead atoms. The second-order valence-corrected chi connectivity index (χ2v) is 20.9. The van der Waals surface area contributed by atoms with Gasteiger partial charge in [-0.15, -0.1) is 0 Å². The molecule has 3 aromatic carbocycles. The first-order chi connectivity index (χ1) is 19.8. The van der Waals surface area contributed by atoms with E-state index in [9.17, 15) is 0 Å². The van der Waals surface area contributed by atoms with Gasteiger partial charge in [-0.05, 0) is 0 Å². The SMILES string of the molecule is COc1c(C(C)(C)C)cc(C)cc1C(C)(C)C1=[C]([Y]([CH2]c2ccccc2N(C)C)[CH2]c2ccccc2N(C)C)C=CC1. The van der Waals surface area contributed by atoms with Crippen LogP contribution in [0.4, 0.5) is 11.4 Å². The van der Waals surface area contributed by atoms with E-state index in [0.29, 0.717) is 0 Å². The van der Waals surface area contributed by atoms with Crippen molar-refractivity contribution in [3.63, 3.8) is 0 Å². The summed E-state index contributed by atoms with van der Waals surface area (Å²) < 4.78 is 10.3. The molecule has 0 fully saturated rings. The third-order valence-corrected chi connectivity index (χ3v) is 17.0. The summed E-state index contributed by atoms with van der Waals surface area (Å²) in [6.07, 6.45) is 5.96. The number of hydrogen-bond donors (Lipinski definition) is 0. The summed E-state index contributed by atoms with van der Waals surface area (Å²) in [6, 6.07) is 22.8. The monoisotopic (exact) mass is 640 g/mol. The molecule has 42 heavy (non-hydrogen) atoms. The van der Waals surface area contributed by atoms with Crippen LogP contribution in [0, 0.1) is 6.92 Å². The molecule has 1 aliphatic carbocycles. The van der Waals surface area contributed by atoms with E-state index in [-0.39, 0.29) is 10.8 Å². The predicted octanol–water partition coefficient (Wildman–Crippen LogP) is 8.94. The molecule has 4 heteroatoms. The number of allylic oxidation sites excluding steroid dienone is 4. The summed E-state index contributed by atoms with van der Waals surface area (Å²) in [7, 11) is 10.5. The van der Waals surface area contributed by atoms with Gasteiger partial charge < -0.3 is 0 Å². The van der Waals surface area contributed by atoms with Gasteiger partial charge in [-0.1, -0.05) is 0 Å². The van der Waals surface area contributed by atoms with Gasteiger partial charge in [0.15, 0.2) is 0 Å². The van der Waals surface area contributed by atoms with Gasteiger partial charge in [0.1, 0.15) is 0 Å². The number of benzene rings is 3. The standard InChI is InChI=1S/C20H27O.2C9H12N.Y/c1-14-12-16(19(2,3)4)18(21-7)17(13-14)20(5,6)15-10-8-9-11-15;2*1-8-6-4-5-7-9(8)10(2)3;/h8-9,12-13H,10H2,1-7H3;2*4-7H,1H2,2-3H3;. The molecule has 0 saturated heterocycles. The summed E-state index contributed by atoms with van der Waals surface area (Å²) in [6.45, 7) is 14.0. The van der Waals surface area contributed by atoms with E-state index in [1.54, 1.807) is 7.96 Å². The minimum absolute atomic E-state index is 0.000867. The van der Waals surface area contributed by atoms with Crippen LogP contribution in [-0.2, 0) is 44.7 Å². The molecule has 0 atom stereocenters.